The molecule has 3 heterocycles. The lowest BCUT2D eigenvalue weighted by Gasteiger charge is -2.12. The van der Waals surface area contributed by atoms with Gasteiger partial charge in [0.05, 0.1) is 6.04 Å². The summed E-state index contributed by atoms with van der Waals surface area (Å²) in [5.41, 5.74) is 0.750. The van der Waals surface area contributed by atoms with E-state index in [1.54, 1.807) is 22.4 Å². The van der Waals surface area contributed by atoms with E-state index >= 15 is 0 Å². The van der Waals surface area contributed by atoms with Crippen molar-refractivity contribution in [2.24, 2.45) is 0 Å². The first-order valence-corrected chi connectivity index (χ1v) is 10.9. The van der Waals surface area contributed by atoms with Gasteiger partial charge in [-0.1, -0.05) is 55.1 Å². The fourth-order valence-electron chi connectivity index (χ4n) is 2.56. The lowest BCUT2D eigenvalue weighted by Crippen LogP contribution is -2.27. The molecule has 1 aliphatic heterocycles. The fourth-order valence-corrected chi connectivity index (χ4v) is 5.39. The molecule has 0 spiro atoms. The molecule has 0 aliphatic carbocycles. The topological polar surface area (TPSA) is 89.8 Å². The van der Waals surface area contributed by atoms with Crippen LogP contribution in [0.2, 0.25) is 0 Å². The SMILES string of the molecule is CCCc1cc(=O)n2c(n1)SCC2CC(=O)Nc1nnc(SCC)s1. The number of hydrogen-bond donors (Lipinski definition) is 1. The third-order valence-electron chi connectivity index (χ3n) is 3.59. The molecule has 1 amide bonds. The summed E-state index contributed by atoms with van der Waals surface area (Å²) < 4.78 is 2.48. The van der Waals surface area contributed by atoms with Crippen LogP contribution < -0.4 is 10.9 Å². The number of rotatable bonds is 7. The summed E-state index contributed by atoms with van der Waals surface area (Å²) in [5, 5.41) is 12.0. The molecule has 1 atom stereocenters. The minimum Gasteiger partial charge on any atom is -0.300 e. The van der Waals surface area contributed by atoms with Crippen molar-refractivity contribution in [2.45, 2.75) is 48.6 Å². The van der Waals surface area contributed by atoms with Crippen molar-refractivity contribution >= 4 is 45.9 Å². The second-order valence-corrected chi connectivity index (χ2v) is 8.99. The predicted octanol–water partition coefficient (Wildman–Crippen LogP) is 2.83. The van der Waals surface area contributed by atoms with E-state index in [1.165, 1.54) is 23.1 Å². The Hall–Kier alpha value is -1.39. The van der Waals surface area contributed by atoms with Crippen molar-refractivity contribution < 1.29 is 4.79 Å². The quantitative estimate of drug-likeness (QED) is 0.436. The average Bonchev–Trinajstić information content (AvgIpc) is 3.15. The Kier molecular flexibility index (Phi) is 6.13. The zero-order valence-corrected chi connectivity index (χ0v) is 16.5. The molecule has 2 aromatic heterocycles. The highest BCUT2D eigenvalue weighted by Gasteiger charge is 2.28. The molecule has 1 unspecified atom stereocenters. The predicted molar refractivity (Wildman–Crippen MR) is 102 cm³/mol. The van der Waals surface area contributed by atoms with Gasteiger partial charge in [0, 0.05) is 23.9 Å². The zero-order valence-electron chi connectivity index (χ0n) is 14.0. The number of carbonyl (C=O) groups is 1. The van der Waals surface area contributed by atoms with Crippen molar-refractivity contribution in [3.8, 4) is 0 Å². The molecule has 0 saturated carbocycles. The number of amides is 1. The third kappa shape index (κ3) is 4.42. The molecule has 0 radical (unpaired) electrons. The van der Waals surface area contributed by atoms with Crippen LogP contribution in [0.3, 0.4) is 0 Å². The number of aromatic nitrogens is 4. The average molecular weight is 398 g/mol. The van der Waals surface area contributed by atoms with E-state index in [1.807, 2.05) is 6.92 Å². The number of nitrogens with one attached hydrogen (secondary N) is 1. The summed E-state index contributed by atoms with van der Waals surface area (Å²) in [6.45, 7) is 4.10. The van der Waals surface area contributed by atoms with Gasteiger partial charge < -0.3 is 5.32 Å². The Bertz CT molecular complexity index is 820. The van der Waals surface area contributed by atoms with Gasteiger partial charge in [0.25, 0.3) is 5.56 Å². The Morgan fingerprint density at radius 1 is 1.44 bits per heavy atom. The molecule has 1 N–H and O–H groups in total. The highest BCUT2D eigenvalue weighted by atomic mass is 32.2. The molecule has 7 nitrogen and oxygen atoms in total. The van der Waals surface area contributed by atoms with Crippen LogP contribution >= 0.6 is 34.9 Å². The Morgan fingerprint density at radius 2 is 2.28 bits per heavy atom. The van der Waals surface area contributed by atoms with Crippen LogP contribution in [0.15, 0.2) is 20.4 Å². The highest BCUT2D eigenvalue weighted by Crippen LogP contribution is 2.32. The lowest BCUT2D eigenvalue weighted by atomic mass is 10.2. The molecular weight excluding hydrogens is 378 g/mol. The Labute approximate surface area is 158 Å². The molecule has 0 aromatic carbocycles. The number of anilines is 1. The van der Waals surface area contributed by atoms with Gasteiger partial charge in [-0.2, -0.15) is 0 Å². The number of fused-ring (bicyclic) bond motifs is 1. The van der Waals surface area contributed by atoms with Gasteiger partial charge in [0.1, 0.15) is 0 Å². The Balaban J connectivity index is 1.66. The third-order valence-corrected chi connectivity index (χ3v) is 6.54. The lowest BCUT2D eigenvalue weighted by molar-refractivity contribution is -0.116. The molecule has 3 rings (SSSR count). The minimum absolute atomic E-state index is 0.0752. The molecule has 2 aromatic rings. The van der Waals surface area contributed by atoms with E-state index in [0.717, 1.165) is 28.6 Å². The van der Waals surface area contributed by atoms with Crippen LogP contribution in [-0.2, 0) is 11.2 Å². The molecule has 134 valence electrons. The molecule has 0 fully saturated rings. The first kappa shape index (κ1) is 18.4. The second kappa shape index (κ2) is 8.33. The number of hydrogen-bond acceptors (Lipinski definition) is 8. The van der Waals surface area contributed by atoms with E-state index in [-0.39, 0.29) is 23.9 Å². The molecule has 10 heteroatoms. The van der Waals surface area contributed by atoms with Gasteiger partial charge in [0.15, 0.2) is 9.50 Å². The zero-order chi connectivity index (χ0) is 17.8. The maximum atomic E-state index is 12.4. The van der Waals surface area contributed by atoms with E-state index in [9.17, 15) is 9.59 Å². The maximum Gasteiger partial charge on any atom is 0.254 e. The first-order chi connectivity index (χ1) is 12.1. The summed E-state index contributed by atoms with van der Waals surface area (Å²) in [6, 6.07) is 1.41. The normalized spacial score (nSPS) is 16.0. The van der Waals surface area contributed by atoms with Crippen molar-refractivity contribution in [1.82, 2.24) is 19.7 Å². The van der Waals surface area contributed by atoms with Crippen molar-refractivity contribution in [1.29, 1.82) is 0 Å². The van der Waals surface area contributed by atoms with Gasteiger partial charge in [0.2, 0.25) is 11.0 Å². The van der Waals surface area contributed by atoms with E-state index in [0.29, 0.717) is 16.0 Å². The summed E-state index contributed by atoms with van der Waals surface area (Å²) >= 11 is 4.49. The van der Waals surface area contributed by atoms with Crippen LogP contribution in [0.5, 0.6) is 0 Å². The van der Waals surface area contributed by atoms with Crippen molar-refractivity contribution in [3.63, 3.8) is 0 Å². The maximum absolute atomic E-state index is 12.4. The highest BCUT2D eigenvalue weighted by molar-refractivity contribution is 8.01. The van der Waals surface area contributed by atoms with Gasteiger partial charge in [-0.05, 0) is 12.2 Å². The fraction of sp³-hybridized carbons (Fsp3) is 0.533. The minimum atomic E-state index is -0.173. The van der Waals surface area contributed by atoms with Crippen LogP contribution in [0.25, 0.3) is 0 Å². The standard InChI is InChI=1S/C15H19N5O2S3/c1-3-5-9-6-12(22)20-10(8-24-14(20)16-9)7-11(21)17-13-18-19-15(25-13)23-4-2/h6,10H,3-5,7-8H2,1-2H3,(H,17,18,21). The van der Waals surface area contributed by atoms with Gasteiger partial charge >= 0.3 is 0 Å². The number of nitrogens with zero attached hydrogens (tertiary/aromatic N) is 4. The second-order valence-electron chi connectivity index (χ2n) is 5.51. The smallest absolute Gasteiger partial charge is 0.254 e. The molecular formula is C15H19N5O2S3. The summed E-state index contributed by atoms with van der Waals surface area (Å²) in [7, 11) is 0. The van der Waals surface area contributed by atoms with Crippen molar-refractivity contribution in [3.05, 3.63) is 22.1 Å². The summed E-state index contributed by atoms with van der Waals surface area (Å²) in [6.07, 6.45) is 1.97. The van der Waals surface area contributed by atoms with E-state index < -0.39 is 0 Å². The van der Waals surface area contributed by atoms with E-state index in [2.05, 4.69) is 27.4 Å². The van der Waals surface area contributed by atoms with Crippen LogP contribution in [0.1, 0.15) is 38.4 Å². The van der Waals surface area contributed by atoms with Gasteiger partial charge in [-0.3, -0.25) is 14.2 Å². The van der Waals surface area contributed by atoms with Gasteiger partial charge in [-0.15, -0.1) is 10.2 Å². The summed E-state index contributed by atoms with van der Waals surface area (Å²) in [4.78, 5) is 29.2. The van der Waals surface area contributed by atoms with Gasteiger partial charge in [-0.25, -0.2) is 4.98 Å². The number of carbonyl (C=O) groups excluding carboxylic acids is 1. The molecule has 0 saturated heterocycles. The number of aryl methyl sites for hydroxylation is 1. The van der Waals surface area contributed by atoms with Crippen molar-refractivity contribution in [2.75, 3.05) is 16.8 Å². The van der Waals surface area contributed by atoms with E-state index in [4.69, 9.17) is 0 Å². The van der Waals surface area contributed by atoms with Crippen LogP contribution in [0, 0.1) is 0 Å². The molecule has 1 aliphatic rings. The van der Waals surface area contributed by atoms with Crippen LogP contribution in [-0.4, -0.2) is 37.2 Å². The first-order valence-electron chi connectivity index (χ1n) is 8.12. The Morgan fingerprint density at radius 3 is 3.04 bits per heavy atom. The largest absolute Gasteiger partial charge is 0.300 e. The number of thioether (sulfide) groups is 2. The molecule has 25 heavy (non-hydrogen) atoms. The molecule has 0 bridgehead atoms. The summed E-state index contributed by atoms with van der Waals surface area (Å²) in [5.74, 6) is 1.43. The monoisotopic (exact) mass is 397 g/mol. The van der Waals surface area contributed by atoms with Crippen LogP contribution in [0.4, 0.5) is 5.13 Å².